The summed E-state index contributed by atoms with van der Waals surface area (Å²) in [6.07, 6.45) is 0.997. The molecule has 0 amide bonds. The molecule has 0 saturated carbocycles. The lowest BCUT2D eigenvalue weighted by Gasteiger charge is -2.08. The van der Waals surface area contributed by atoms with E-state index in [1.807, 2.05) is 0 Å². The molecule has 1 unspecified atom stereocenters. The zero-order valence-electron chi connectivity index (χ0n) is 7.65. The third-order valence-corrected chi connectivity index (χ3v) is 1.59. The Labute approximate surface area is 76.4 Å². The number of hydrogen-bond acceptors (Lipinski definition) is 4. The third-order valence-electron chi connectivity index (χ3n) is 1.59. The van der Waals surface area contributed by atoms with Gasteiger partial charge in [-0.2, -0.15) is 0 Å². The Bertz CT molecular complexity index is 253. The lowest BCUT2D eigenvalue weighted by Crippen LogP contribution is -2.21. The molecule has 1 atom stereocenters. The molecule has 0 bridgehead atoms. The number of esters is 1. The van der Waals surface area contributed by atoms with Gasteiger partial charge < -0.3 is 13.9 Å². The monoisotopic (exact) mass is 184 g/mol. The molecule has 0 spiro atoms. The summed E-state index contributed by atoms with van der Waals surface area (Å²) in [7, 11) is 1.33. The van der Waals surface area contributed by atoms with Crippen LogP contribution in [-0.4, -0.2) is 19.2 Å². The zero-order chi connectivity index (χ0) is 9.68. The van der Waals surface area contributed by atoms with Gasteiger partial charge in [-0.15, -0.1) is 0 Å². The van der Waals surface area contributed by atoms with E-state index in [0.29, 0.717) is 5.76 Å². The molecule has 13 heavy (non-hydrogen) atoms. The van der Waals surface area contributed by atoms with E-state index < -0.39 is 6.10 Å². The molecule has 1 aromatic rings. The molecule has 1 rings (SSSR count). The summed E-state index contributed by atoms with van der Waals surface area (Å²) in [6.45, 7) is 1.91. The lowest BCUT2D eigenvalue weighted by molar-refractivity contribution is -0.153. The summed E-state index contributed by atoms with van der Waals surface area (Å²) in [5, 5.41) is 0. The maximum Gasteiger partial charge on any atom is 0.334 e. The van der Waals surface area contributed by atoms with Crippen molar-refractivity contribution >= 4 is 5.97 Å². The van der Waals surface area contributed by atoms with Crippen molar-refractivity contribution < 1.29 is 18.7 Å². The van der Waals surface area contributed by atoms with Crippen molar-refractivity contribution in [2.24, 2.45) is 0 Å². The van der Waals surface area contributed by atoms with Crippen LogP contribution in [0.25, 0.3) is 0 Å². The van der Waals surface area contributed by atoms with E-state index in [1.54, 1.807) is 25.3 Å². The fourth-order valence-corrected chi connectivity index (χ4v) is 0.836. The molecule has 0 aromatic carbocycles. The van der Waals surface area contributed by atoms with Gasteiger partial charge in [0.25, 0.3) is 0 Å². The quantitative estimate of drug-likeness (QED) is 0.663. The van der Waals surface area contributed by atoms with E-state index in [2.05, 4.69) is 4.74 Å². The molecule has 0 fully saturated rings. The largest absolute Gasteiger partial charge is 0.467 e. The summed E-state index contributed by atoms with van der Waals surface area (Å²) in [5.41, 5.74) is 0. The molecule has 0 aliphatic carbocycles. The standard InChI is InChI=1S/C9H12O4/c1-7(9(10)11-2)13-6-8-4-3-5-12-8/h3-5,7H,6H2,1-2H3. The van der Waals surface area contributed by atoms with Crippen molar-refractivity contribution in [2.45, 2.75) is 19.6 Å². The van der Waals surface area contributed by atoms with Gasteiger partial charge >= 0.3 is 5.97 Å². The molecule has 0 saturated heterocycles. The summed E-state index contributed by atoms with van der Waals surface area (Å²) >= 11 is 0. The van der Waals surface area contributed by atoms with Crippen LogP contribution in [0.3, 0.4) is 0 Å². The summed E-state index contributed by atoms with van der Waals surface area (Å²) in [6, 6.07) is 3.55. The second-order valence-electron chi connectivity index (χ2n) is 2.56. The predicted octanol–water partition coefficient (Wildman–Crippen LogP) is 1.36. The van der Waals surface area contributed by atoms with Crippen LogP contribution in [0.1, 0.15) is 12.7 Å². The fraction of sp³-hybridized carbons (Fsp3) is 0.444. The Hall–Kier alpha value is -1.29. The van der Waals surface area contributed by atoms with Gasteiger partial charge in [-0.1, -0.05) is 0 Å². The van der Waals surface area contributed by atoms with Gasteiger partial charge in [-0.3, -0.25) is 0 Å². The van der Waals surface area contributed by atoms with E-state index in [9.17, 15) is 4.79 Å². The molecule has 0 aliphatic heterocycles. The van der Waals surface area contributed by atoms with Crippen LogP contribution in [0.4, 0.5) is 0 Å². The van der Waals surface area contributed by atoms with Crippen molar-refractivity contribution in [3.05, 3.63) is 24.2 Å². The first-order valence-corrected chi connectivity index (χ1v) is 3.96. The van der Waals surface area contributed by atoms with Crippen molar-refractivity contribution in [3.63, 3.8) is 0 Å². The second kappa shape index (κ2) is 4.67. The van der Waals surface area contributed by atoms with Gasteiger partial charge in [0.2, 0.25) is 0 Å². The van der Waals surface area contributed by atoms with Crippen LogP contribution < -0.4 is 0 Å². The summed E-state index contributed by atoms with van der Waals surface area (Å²) in [4.78, 5) is 10.9. The molecule has 72 valence electrons. The van der Waals surface area contributed by atoms with Gasteiger partial charge in [-0.25, -0.2) is 4.79 Å². The highest BCUT2D eigenvalue weighted by atomic mass is 16.6. The SMILES string of the molecule is COC(=O)C(C)OCc1ccco1. The van der Waals surface area contributed by atoms with Crippen molar-refractivity contribution in [1.82, 2.24) is 0 Å². The molecule has 4 heteroatoms. The first kappa shape index (κ1) is 9.80. The number of furan rings is 1. The predicted molar refractivity (Wildman–Crippen MR) is 45.0 cm³/mol. The minimum atomic E-state index is -0.560. The Morgan fingerprint density at radius 1 is 1.69 bits per heavy atom. The molecule has 1 heterocycles. The number of ether oxygens (including phenoxy) is 2. The van der Waals surface area contributed by atoms with E-state index in [0.717, 1.165) is 0 Å². The fourth-order valence-electron chi connectivity index (χ4n) is 0.836. The van der Waals surface area contributed by atoms with Gasteiger partial charge in [0.05, 0.1) is 13.4 Å². The van der Waals surface area contributed by atoms with Crippen LogP contribution in [0.2, 0.25) is 0 Å². The maximum absolute atomic E-state index is 10.9. The first-order chi connectivity index (χ1) is 6.24. The Morgan fingerprint density at radius 2 is 2.46 bits per heavy atom. The van der Waals surface area contributed by atoms with Crippen molar-refractivity contribution in [2.75, 3.05) is 7.11 Å². The zero-order valence-corrected chi connectivity index (χ0v) is 7.65. The van der Waals surface area contributed by atoms with E-state index in [-0.39, 0.29) is 12.6 Å². The molecule has 0 aliphatic rings. The van der Waals surface area contributed by atoms with Gasteiger partial charge in [0.15, 0.2) is 6.10 Å². The number of hydrogen-bond donors (Lipinski definition) is 0. The van der Waals surface area contributed by atoms with Gasteiger partial charge in [-0.05, 0) is 19.1 Å². The average Bonchev–Trinajstić information content (AvgIpc) is 2.65. The van der Waals surface area contributed by atoms with Crippen molar-refractivity contribution in [3.8, 4) is 0 Å². The van der Waals surface area contributed by atoms with Crippen molar-refractivity contribution in [1.29, 1.82) is 0 Å². The Balaban J connectivity index is 2.30. The number of rotatable bonds is 4. The van der Waals surface area contributed by atoms with Crippen LogP contribution in [0.15, 0.2) is 22.8 Å². The lowest BCUT2D eigenvalue weighted by atomic mass is 10.4. The van der Waals surface area contributed by atoms with Crippen LogP contribution in [-0.2, 0) is 20.9 Å². The Kier molecular flexibility index (Phi) is 3.52. The molecular weight excluding hydrogens is 172 g/mol. The highest BCUT2D eigenvalue weighted by molar-refractivity contribution is 5.73. The normalized spacial score (nSPS) is 12.5. The number of carbonyl (C=O) groups is 1. The van der Waals surface area contributed by atoms with Crippen LogP contribution >= 0.6 is 0 Å². The van der Waals surface area contributed by atoms with E-state index >= 15 is 0 Å². The molecule has 0 N–H and O–H groups in total. The molecular formula is C9H12O4. The smallest absolute Gasteiger partial charge is 0.334 e. The Morgan fingerprint density at radius 3 is 3.00 bits per heavy atom. The molecule has 1 aromatic heterocycles. The number of methoxy groups -OCH3 is 1. The number of carbonyl (C=O) groups excluding carboxylic acids is 1. The van der Waals surface area contributed by atoms with Gasteiger partial charge in [0, 0.05) is 0 Å². The highest BCUT2D eigenvalue weighted by Gasteiger charge is 2.13. The summed E-state index contributed by atoms with van der Waals surface area (Å²) in [5.74, 6) is 0.308. The first-order valence-electron chi connectivity index (χ1n) is 3.96. The summed E-state index contributed by atoms with van der Waals surface area (Å²) < 4.78 is 14.7. The molecule has 0 radical (unpaired) electrons. The highest BCUT2D eigenvalue weighted by Crippen LogP contribution is 2.04. The van der Waals surface area contributed by atoms with E-state index in [1.165, 1.54) is 7.11 Å². The van der Waals surface area contributed by atoms with Gasteiger partial charge in [0.1, 0.15) is 12.4 Å². The minimum absolute atomic E-state index is 0.281. The molecule has 4 nitrogen and oxygen atoms in total. The third kappa shape index (κ3) is 2.91. The second-order valence-corrected chi connectivity index (χ2v) is 2.56. The van der Waals surface area contributed by atoms with E-state index in [4.69, 9.17) is 9.15 Å². The average molecular weight is 184 g/mol. The maximum atomic E-state index is 10.9. The van der Waals surface area contributed by atoms with Crippen LogP contribution in [0, 0.1) is 0 Å². The topological polar surface area (TPSA) is 48.7 Å². The van der Waals surface area contributed by atoms with Crippen LogP contribution in [0.5, 0.6) is 0 Å². The minimum Gasteiger partial charge on any atom is -0.467 e.